The number of amides is 1. The summed E-state index contributed by atoms with van der Waals surface area (Å²) >= 11 is 0. The second kappa shape index (κ2) is 3.84. The molecule has 0 saturated carbocycles. The van der Waals surface area contributed by atoms with E-state index in [1.165, 1.54) is 0 Å². The average molecular weight is 187 g/mol. The molecule has 0 unspecified atom stereocenters. The van der Waals surface area contributed by atoms with E-state index in [0.717, 1.165) is 18.2 Å². The highest BCUT2D eigenvalue weighted by Gasteiger charge is 2.01. The highest BCUT2D eigenvalue weighted by molar-refractivity contribution is 5.64. The Morgan fingerprint density at radius 3 is 2.31 bits per heavy atom. The molecule has 1 aromatic carbocycles. The molecule has 0 atom stereocenters. The third-order valence-corrected chi connectivity index (χ3v) is 1.30. The van der Waals surface area contributed by atoms with E-state index >= 15 is 0 Å². The van der Waals surface area contributed by atoms with Crippen LogP contribution in [0.4, 0.5) is 13.6 Å². The van der Waals surface area contributed by atoms with Gasteiger partial charge >= 0.3 is 6.09 Å². The van der Waals surface area contributed by atoms with Crippen molar-refractivity contribution < 1.29 is 18.3 Å². The highest BCUT2D eigenvalue weighted by atomic mass is 19.1. The van der Waals surface area contributed by atoms with Crippen molar-refractivity contribution in [2.45, 2.75) is 6.61 Å². The predicted molar refractivity (Wildman–Crippen MR) is 40.7 cm³/mol. The molecule has 0 saturated heterocycles. The Kier molecular flexibility index (Phi) is 2.79. The van der Waals surface area contributed by atoms with Crippen LogP contribution < -0.4 is 5.73 Å². The summed E-state index contributed by atoms with van der Waals surface area (Å²) in [7, 11) is 0. The molecule has 1 rings (SSSR count). The minimum absolute atomic E-state index is 0.219. The summed E-state index contributed by atoms with van der Waals surface area (Å²) in [6, 6.07) is 2.85. The Balaban J connectivity index is 2.71. The van der Waals surface area contributed by atoms with E-state index in [9.17, 15) is 13.6 Å². The largest absolute Gasteiger partial charge is 0.445 e. The minimum atomic E-state index is -0.982. The number of primary amides is 1. The topological polar surface area (TPSA) is 52.3 Å². The van der Waals surface area contributed by atoms with Crippen molar-refractivity contribution in [2.24, 2.45) is 5.73 Å². The third kappa shape index (κ3) is 3.06. The number of carbonyl (C=O) groups excluding carboxylic acids is 1. The molecule has 0 bridgehead atoms. The molecule has 0 aliphatic carbocycles. The van der Waals surface area contributed by atoms with E-state index in [0.29, 0.717) is 0 Å². The van der Waals surface area contributed by atoms with Crippen molar-refractivity contribution in [3.05, 3.63) is 35.4 Å². The van der Waals surface area contributed by atoms with Crippen molar-refractivity contribution >= 4 is 6.09 Å². The molecule has 1 aromatic rings. The molecular formula is C8H7F2NO2. The minimum Gasteiger partial charge on any atom is -0.445 e. The van der Waals surface area contributed by atoms with E-state index in [1.54, 1.807) is 0 Å². The highest BCUT2D eigenvalue weighted by Crippen LogP contribution is 2.08. The van der Waals surface area contributed by atoms with Crippen molar-refractivity contribution in [2.75, 3.05) is 0 Å². The molecule has 0 fully saturated rings. The second-order valence-corrected chi connectivity index (χ2v) is 2.39. The van der Waals surface area contributed by atoms with E-state index < -0.39 is 17.7 Å². The summed E-state index contributed by atoms with van der Waals surface area (Å²) in [6.07, 6.45) is -0.982. The van der Waals surface area contributed by atoms with Crippen LogP contribution in [-0.2, 0) is 11.3 Å². The van der Waals surface area contributed by atoms with Crippen LogP contribution in [0, 0.1) is 11.6 Å². The number of benzene rings is 1. The lowest BCUT2D eigenvalue weighted by atomic mass is 10.2. The Morgan fingerprint density at radius 2 is 1.85 bits per heavy atom. The molecule has 0 heterocycles. The first-order chi connectivity index (χ1) is 6.08. The van der Waals surface area contributed by atoms with Gasteiger partial charge in [0.15, 0.2) is 0 Å². The zero-order chi connectivity index (χ0) is 9.84. The van der Waals surface area contributed by atoms with Crippen LogP contribution in [0.2, 0.25) is 0 Å². The number of carbonyl (C=O) groups is 1. The number of nitrogens with two attached hydrogens (primary N) is 1. The van der Waals surface area contributed by atoms with Crippen LogP contribution in [0.1, 0.15) is 5.56 Å². The standard InChI is InChI=1S/C8H7F2NO2/c9-6-1-5(2-7(10)3-6)4-13-8(11)12/h1-3H,4H2,(H2,11,12). The SMILES string of the molecule is NC(=O)OCc1cc(F)cc(F)c1. The molecule has 1 amide bonds. The third-order valence-electron chi connectivity index (χ3n) is 1.30. The van der Waals surface area contributed by atoms with Gasteiger partial charge in [0.05, 0.1) is 0 Å². The quantitative estimate of drug-likeness (QED) is 0.763. The first-order valence-corrected chi connectivity index (χ1v) is 3.45. The van der Waals surface area contributed by atoms with Crippen LogP contribution in [-0.4, -0.2) is 6.09 Å². The molecule has 5 heteroatoms. The molecule has 0 aliphatic rings. The Bertz CT molecular complexity index is 308. The number of rotatable bonds is 2. The first kappa shape index (κ1) is 9.44. The maximum Gasteiger partial charge on any atom is 0.404 e. The monoisotopic (exact) mass is 187 g/mol. The summed E-state index contributed by atoms with van der Waals surface area (Å²) in [4.78, 5) is 10.2. The lowest BCUT2D eigenvalue weighted by molar-refractivity contribution is 0.150. The number of halogens is 2. The van der Waals surface area contributed by atoms with E-state index in [4.69, 9.17) is 0 Å². The van der Waals surface area contributed by atoms with Gasteiger partial charge in [0.1, 0.15) is 18.2 Å². The molecule has 70 valence electrons. The molecule has 13 heavy (non-hydrogen) atoms. The summed E-state index contributed by atoms with van der Waals surface area (Å²) in [5, 5.41) is 0. The van der Waals surface area contributed by atoms with Gasteiger partial charge in [-0.2, -0.15) is 0 Å². The van der Waals surface area contributed by atoms with Crippen LogP contribution in [0.3, 0.4) is 0 Å². The fraction of sp³-hybridized carbons (Fsp3) is 0.125. The lowest BCUT2D eigenvalue weighted by Gasteiger charge is -2.01. The lowest BCUT2D eigenvalue weighted by Crippen LogP contribution is -2.12. The maximum atomic E-state index is 12.5. The van der Waals surface area contributed by atoms with Gasteiger partial charge in [-0.25, -0.2) is 13.6 Å². The van der Waals surface area contributed by atoms with Gasteiger partial charge < -0.3 is 10.5 Å². The van der Waals surface area contributed by atoms with Gasteiger partial charge in [0.25, 0.3) is 0 Å². The second-order valence-electron chi connectivity index (χ2n) is 2.39. The van der Waals surface area contributed by atoms with Crippen LogP contribution in [0.25, 0.3) is 0 Å². The van der Waals surface area contributed by atoms with Gasteiger partial charge in [0, 0.05) is 6.07 Å². The van der Waals surface area contributed by atoms with Crippen molar-refractivity contribution in [1.29, 1.82) is 0 Å². The van der Waals surface area contributed by atoms with E-state index in [-0.39, 0.29) is 12.2 Å². The first-order valence-electron chi connectivity index (χ1n) is 3.45. The fourth-order valence-electron chi connectivity index (χ4n) is 0.849. The zero-order valence-corrected chi connectivity index (χ0v) is 6.59. The summed E-state index contributed by atoms with van der Waals surface area (Å²) in [6.45, 7) is -0.232. The van der Waals surface area contributed by atoms with Gasteiger partial charge in [-0.3, -0.25) is 0 Å². The summed E-state index contributed by atoms with van der Waals surface area (Å²) in [5.74, 6) is -1.44. The Labute approximate surface area is 73.1 Å². The van der Waals surface area contributed by atoms with Gasteiger partial charge in [-0.1, -0.05) is 0 Å². The van der Waals surface area contributed by atoms with Crippen LogP contribution >= 0.6 is 0 Å². The molecule has 0 aromatic heterocycles. The van der Waals surface area contributed by atoms with Gasteiger partial charge in [0.2, 0.25) is 0 Å². The Morgan fingerprint density at radius 1 is 1.31 bits per heavy atom. The average Bonchev–Trinajstić information content (AvgIpc) is 1.99. The number of ether oxygens (including phenoxy) is 1. The van der Waals surface area contributed by atoms with E-state index in [1.807, 2.05) is 0 Å². The molecule has 3 nitrogen and oxygen atoms in total. The van der Waals surface area contributed by atoms with Crippen LogP contribution in [0.15, 0.2) is 18.2 Å². The number of hydrogen-bond donors (Lipinski definition) is 1. The van der Waals surface area contributed by atoms with Crippen molar-refractivity contribution in [1.82, 2.24) is 0 Å². The zero-order valence-electron chi connectivity index (χ0n) is 6.59. The molecule has 0 aliphatic heterocycles. The summed E-state index contributed by atoms with van der Waals surface area (Å²) in [5.41, 5.74) is 4.89. The van der Waals surface area contributed by atoms with Crippen LogP contribution in [0.5, 0.6) is 0 Å². The molecule has 2 N–H and O–H groups in total. The molecular weight excluding hydrogens is 180 g/mol. The van der Waals surface area contributed by atoms with Crippen molar-refractivity contribution in [3.8, 4) is 0 Å². The molecule has 0 radical (unpaired) electrons. The van der Waals surface area contributed by atoms with Crippen molar-refractivity contribution in [3.63, 3.8) is 0 Å². The molecule has 0 spiro atoms. The normalized spacial score (nSPS) is 9.69. The predicted octanol–water partition coefficient (Wildman–Crippen LogP) is 1.56. The van der Waals surface area contributed by atoms with Gasteiger partial charge in [-0.15, -0.1) is 0 Å². The fourth-order valence-corrected chi connectivity index (χ4v) is 0.849. The van der Waals surface area contributed by atoms with E-state index in [2.05, 4.69) is 10.5 Å². The number of hydrogen-bond acceptors (Lipinski definition) is 2. The summed E-state index contributed by atoms with van der Waals surface area (Å²) < 4.78 is 29.4. The Hall–Kier alpha value is -1.65. The smallest absolute Gasteiger partial charge is 0.404 e. The maximum absolute atomic E-state index is 12.5. The van der Waals surface area contributed by atoms with Gasteiger partial charge in [-0.05, 0) is 17.7 Å².